The van der Waals surface area contributed by atoms with E-state index in [1.54, 1.807) is 0 Å². The van der Waals surface area contributed by atoms with Crippen molar-refractivity contribution in [1.82, 2.24) is 5.32 Å². The molecule has 1 aromatic heterocycles. The topological polar surface area (TPSA) is 34.4 Å². The molecule has 0 saturated heterocycles. The van der Waals surface area contributed by atoms with Crippen LogP contribution in [-0.4, -0.2) is 6.04 Å². The van der Waals surface area contributed by atoms with Crippen LogP contribution in [0.15, 0.2) is 28.7 Å². The quantitative estimate of drug-likeness (QED) is 0.870. The zero-order chi connectivity index (χ0) is 14.8. The van der Waals surface area contributed by atoms with Crippen LogP contribution in [0.4, 0.5) is 0 Å². The second-order valence-electron chi connectivity index (χ2n) is 6.06. The predicted octanol–water partition coefficient (Wildman–Crippen LogP) is 4.04. The Bertz CT molecular complexity index is 606. The van der Waals surface area contributed by atoms with Gasteiger partial charge in [0, 0.05) is 11.6 Å². The molecular formula is C18H23NO2. The summed E-state index contributed by atoms with van der Waals surface area (Å²) in [5.41, 5.74) is 3.58. The van der Waals surface area contributed by atoms with Gasteiger partial charge in [-0.05, 0) is 62.9 Å². The molecule has 3 heteroatoms. The summed E-state index contributed by atoms with van der Waals surface area (Å²) >= 11 is 0. The number of furan rings is 1. The third-order valence-electron chi connectivity index (χ3n) is 3.80. The van der Waals surface area contributed by atoms with Gasteiger partial charge in [0.05, 0.1) is 6.54 Å². The minimum atomic E-state index is 0.557. The van der Waals surface area contributed by atoms with Crippen molar-refractivity contribution in [2.75, 3.05) is 0 Å². The Balaban J connectivity index is 1.61. The summed E-state index contributed by atoms with van der Waals surface area (Å²) in [5.74, 6) is 2.87. The van der Waals surface area contributed by atoms with Crippen molar-refractivity contribution in [2.24, 2.45) is 0 Å². The maximum atomic E-state index is 5.91. The summed E-state index contributed by atoms with van der Waals surface area (Å²) in [4.78, 5) is 0. The molecular weight excluding hydrogens is 262 g/mol. The smallest absolute Gasteiger partial charge is 0.120 e. The minimum absolute atomic E-state index is 0.557. The van der Waals surface area contributed by atoms with Crippen molar-refractivity contribution in [3.8, 4) is 5.75 Å². The van der Waals surface area contributed by atoms with Crippen LogP contribution in [0.25, 0.3) is 0 Å². The van der Waals surface area contributed by atoms with Crippen LogP contribution in [0, 0.1) is 20.8 Å². The third-order valence-corrected chi connectivity index (χ3v) is 3.80. The van der Waals surface area contributed by atoms with Crippen LogP contribution in [0.5, 0.6) is 5.75 Å². The van der Waals surface area contributed by atoms with E-state index in [1.165, 1.54) is 24.0 Å². The predicted molar refractivity (Wildman–Crippen MR) is 83.6 cm³/mol. The monoisotopic (exact) mass is 285 g/mol. The molecule has 21 heavy (non-hydrogen) atoms. The van der Waals surface area contributed by atoms with Crippen molar-refractivity contribution in [3.05, 3.63) is 52.5 Å². The van der Waals surface area contributed by atoms with Gasteiger partial charge in [-0.3, -0.25) is 0 Å². The van der Waals surface area contributed by atoms with Crippen molar-refractivity contribution in [2.45, 2.75) is 52.8 Å². The maximum Gasteiger partial charge on any atom is 0.120 e. The molecule has 0 amide bonds. The molecule has 1 N–H and O–H groups in total. The molecule has 0 bridgehead atoms. The van der Waals surface area contributed by atoms with Gasteiger partial charge in [0.2, 0.25) is 0 Å². The lowest BCUT2D eigenvalue weighted by Crippen LogP contribution is -2.14. The van der Waals surface area contributed by atoms with Crippen molar-refractivity contribution < 1.29 is 9.15 Å². The van der Waals surface area contributed by atoms with Gasteiger partial charge >= 0.3 is 0 Å². The van der Waals surface area contributed by atoms with E-state index >= 15 is 0 Å². The highest BCUT2D eigenvalue weighted by molar-refractivity contribution is 5.33. The number of hydrogen-bond donors (Lipinski definition) is 1. The van der Waals surface area contributed by atoms with Gasteiger partial charge in [0.25, 0.3) is 0 Å². The third kappa shape index (κ3) is 3.88. The Kier molecular flexibility index (Phi) is 4.02. The van der Waals surface area contributed by atoms with Crippen LogP contribution in [0.2, 0.25) is 0 Å². The van der Waals surface area contributed by atoms with Gasteiger partial charge in [-0.25, -0.2) is 0 Å². The fourth-order valence-electron chi connectivity index (χ4n) is 2.53. The molecule has 1 aliphatic carbocycles. The molecule has 2 aromatic rings. The number of hydrogen-bond acceptors (Lipinski definition) is 3. The summed E-state index contributed by atoms with van der Waals surface area (Å²) in [5, 5.41) is 3.47. The number of aryl methyl sites for hydroxylation is 3. The van der Waals surface area contributed by atoms with E-state index < -0.39 is 0 Å². The van der Waals surface area contributed by atoms with E-state index in [0.29, 0.717) is 12.6 Å². The molecule has 1 saturated carbocycles. The van der Waals surface area contributed by atoms with E-state index in [2.05, 4.69) is 43.4 Å². The molecule has 1 aliphatic rings. The molecule has 0 radical (unpaired) electrons. The molecule has 0 aliphatic heterocycles. The van der Waals surface area contributed by atoms with Crippen molar-refractivity contribution in [1.29, 1.82) is 0 Å². The van der Waals surface area contributed by atoms with Gasteiger partial charge in [0.1, 0.15) is 23.9 Å². The SMILES string of the molecule is Cc1cc(C)cc(OCc2cc(CNC3CC3)oc2C)c1. The average Bonchev–Trinajstić information content (AvgIpc) is 3.17. The van der Waals surface area contributed by atoms with E-state index in [4.69, 9.17) is 9.15 Å². The van der Waals surface area contributed by atoms with Crippen LogP contribution >= 0.6 is 0 Å². The number of nitrogens with one attached hydrogen (secondary N) is 1. The zero-order valence-electron chi connectivity index (χ0n) is 13.0. The van der Waals surface area contributed by atoms with Crippen LogP contribution in [0.3, 0.4) is 0 Å². The molecule has 0 atom stereocenters. The summed E-state index contributed by atoms with van der Waals surface area (Å²) in [6.07, 6.45) is 2.59. The average molecular weight is 285 g/mol. The Morgan fingerprint density at radius 2 is 1.81 bits per heavy atom. The van der Waals surface area contributed by atoms with Crippen LogP contribution in [0.1, 0.15) is 41.1 Å². The normalized spacial score (nSPS) is 14.4. The largest absolute Gasteiger partial charge is 0.489 e. The van der Waals surface area contributed by atoms with Gasteiger partial charge in [-0.2, -0.15) is 0 Å². The Hall–Kier alpha value is -1.74. The first kappa shape index (κ1) is 14.2. The molecule has 1 fully saturated rings. The molecule has 0 unspecified atom stereocenters. The van der Waals surface area contributed by atoms with E-state index in [0.717, 1.165) is 29.4 Å². The molecule has 1 aromatic carbocycles. The summed E-state index contributed by atoms with van der Waals surface area (Å²) in [7, 11) is 0. The van der Waals surface area contributed by atoms with Gasteiger partial charge in [-0.1, -0.05) is 6.07 Å². The lowest BCUT2D eigenvalue weighted by Gasteiger charge is -2.07. The highest BCUT2D eigenvalue weighted by atomic mass is 16.5. The second-order valence-corrected chi connectivity index (χ2v) is 6.06. The van der Waals surface area contributed by atoms with Crippen LogP contribution in [-0.2, 0) is 13.2 Å². The molecule has 3 nitrogen and oxygen atoms in total. The molecule has 3 rings (SSSR count). The lowest BCUT2D eigenvalue weighted by molar-refractivity contribution is 0.302. The standard InChI is InChI=1S/C18H23NO2/c1-12-6-13(2)8-17(7-12)20-11-15-9-18(21-14(15)3)10-19-16-4-5-16/h6-9,16,19H,4-5,10-11H2,1-3H3. The summed E-state index contributed by atoms with van der Waals surface area (Å²) in [6.45, 7) is 7.55. The molecule has 1 heterocycles. The Morgan fingerprint density at radius 1 is 1.10 bits per heavy atom. The first-order chi connectivity index (χ1) is 10.1. The minimum Gasteiger partial charge on any atom is -0.489 e. The first-order valence-corrected chi connectivity index (χ1v) is 7.63. The second kappa shape index (κ2) is 5.94. The Labute approximate surface area is 126 Å². The summed E-state index contributed by atoms with van der Waals surface area (Å²) < 4.78 is 11.7. The first-order valence-electron chi connectivity index (χ1n) is 7.63. The van der Waals surface area contributed by atoms with Crippen LogP contribution < -0.4 is 10.1 Å². The van der Waals surface area contributed by atoms with E-state index in [1.807, 2.05) is 6.92 Å². The van der Waals surface area contributed by atoms with E-state index in [-0.39, 0.29) is 0 Å². The lowest BCUT2D eigenvalue weighted by atomic mass is 10.1. The zero-order valence-corrected chi connectivity index (χ0v) is 13.0. The maximum absolute atomic E-state index is 5.91. The fourth-order valence-corrected chi connectivity index (χ4v) is 2.53. The number of ether oxygens (including phenoxy) is 1. The highest BCUT2D eigenvalue weighted by Gasteiger charge is 2.20. The van der Waals surface area contributed by atoms with Crippen molar-refractivity contribution >= 4 is 0 Å². The fraction of sp³-hybridized carbons (Fsp3) is 0.444. The summed E-state index contributed by atoms with van der Waals surface area (Å²) in [6, 6.07) is 9.09. The van der Waals surface area contributed by atoms with Crippen molar-refractivity contribution in [3.63, 3.8) is 0 Å². The molecule has 0 spiro atoms. The van der Waals surface area contributed by atoms with E-state index in [9.17, 15) is 0 Å². The molecule has 112 valence electrons. The number of benzene rings is 1. The highest BCUT2D eigenvalue weighted by Crippen LogP contribution is 2.22. The Morgan fingerprint density at radius 3 is 2.48 bits per heavy atom. The van der Waals surface area contributed by atoms with Gasteiger partial charge in [-0.15, -0.1) is 0 Å². The number of rotatable bonds is 6. The van der Waals surface area contributed by atoms with Gasteiger partial charge in [0.15, 0.2) is 0 Å². The van der Waals surface area contributed by atoms with Gasteiger partial charge < -0.3 is 14.5 Å².